The first-order valence-corrected chi connectivity index (χ1v) is 9.92. The lowest BCUT2D eigenvalue weighted by Crippen LogP contribution is -2.27. The molecule has 0 radical (unpaired) electrons. The van der Waals surface area contributed by atoms with E-state index in [1.165, 1.54) is 10.4 Å². The van der Waals surface area contributed by atoms with E-state index < -0.39 is 10.0 Å². The van der Waals surface area contributed by atoms with Crippen LogP contribution in [0.1, 0.15) is 28.8 Å². The average Bonchev–Trinajstić information content (AvgIpc) is 3.17. The van der Waals surface area contributed by atoms with Gasteiger partial charge in [0.25, 0.3) is 5.91 Å². The van der Waals surface area contributed by atoms with E-state index in [2.05, 4.69) is 5.32 Å². The third-order valence-corrected chi connectivity index (χ3v) is 6.35. The van der Waals surface area contributed by atoms with Gasteiger partial charge in [-0.2, -0.15) is 4.31 Å². The Morgan fingerprint density at radius 1 is 1.12 bits per heavy atom. The zero-order valence-electron chi connectivity index (χ0n) is 14.9. The van der Waals surface area contributed by atoms with Gasteiger partial charge < -0.3 is 10.1 Å². The van der Waals surface area contributed by atoms with Crippen LogP contribution in [0.5, 0.6) is 5.75 Å². The Morgan fingerprint density at radius 3 is 2.50 bits per heavy atom. The molecule has 1 heterocycles. The number of carbonyl (C=O) groups is 1. The number of amides is 1. The van der Waals surface area contributed by atoms with Gasteiger partial charge in [-0.05, 0) is 61.7 Å². The standard InChI is InChI=1S/C19H22N2O4S/c1-14-12-15(8-9-18(14)25-2)19(22)20-16-6-5-7-17(13-16)26(23,24)21-10-3-4-11-21/h5-9,12-13H,3-4,10-11H2,1-2H3,(H,20,22). The van der Waals surface area contributed by atoms with Gasteiger partial charge >= 0.3 is 0 Å². The highest BCUT2D eigenvalue weighted by molar-refractivity contribution is 7.89. The van der Waals surface area contributed by atoms with E-state index in [0.717, 1.165) is 18.4 Å². The summed E-state index contributed by atoms with van der Waals surface area (Å²) in [5.41, 5.74) is 1.78. The largest absolute Gasteiger partial charge is 0.496 e. The van der Waals surface area contributed by atoms with Crippen LogP contribution in [0.3, 0.4) is 0 Å². The third kappa shape index (κ3) is 3.73. The number of sulfonamides is 1. The van der Waals surface area contributed by atoms with Gasteiger partial charge in [-0.25, -0.2) is 8.42 Å². The minimum Gasteiger partial charge on any atom is -0.496 e. The molecule has 1 saturated heterocycles. The quantitative estimate of drug-likeness (QED) is 0.873. The van der Waals surface area contributed by atoms with Gasteiger partial charge in [0.05, 0.1) is 12.0 Å². The molecular formula is C19H22N2O4S. The van der Waals surface area contributed by atoms with Gasteiger partial charge in [0, 0.05) is 24.3 Å². The summed E-state index contributed by atoms with van der Waals surface area (Å²) in [7, 11) is -1.93. The van der Waals surface area contributed by atoms with E-state index in [-0.39, 0.29) is 10.8 Å². The van der Waals surface area contributed by atoms with Crippen LogP contribution in [0, 0.1) is 6.92 Å². The number of anilines is 1. The molecule has 26 heavy (non-hydrogen) atoms. The maximum absolute atomic E-state index is 12.7. The molecule has 1 aliphatic heterocycles. The van der Waals surface area contributed by atoms with Crippen molar-refractivity contribution in [2.75, 3.05) is 25.5 Å². The monoisotopic (exact) mass is 374 g/mol. The van der Waals surface area contributed by atoms with E-state index in [1.54, 1.807) is 43.5 Å². The van der Waals surface area contributed by atoms with Crippen LogP contribution < -0.4 is 10.1 Å². The summed E-state index contributed by atoms with van der Waals surface area (Å²) in [6.07, 6.45) is 1.76. The Morgan fingerprint density at radius 2 is 1.85 bits per heavy atom. The predicted molar refractivity (Wildman–Crippen MR) is 100 cm³/mol. The van der Waals surface area contributed by atoms with E-state index in [4.69, 9.17) is 4.74 Å². The van der Waals surface area contributed by atoms with Gasteiger partial charge in [-0.15, -0.1) is 0 Å². The average molecular weight is 374 g/mol. The highest BCUT2D eigenvalue weighted by Crippen LogP contribution is 2.24. The summed E-state index contributed by atoms with van der Waals surface area (Å²) in [6.45, 7) is 2.95. The number of methoxy groups -OCH3 is 1. The smallest absolute Gasteiger partial charge is 0.255 e. The van der Waals surface area contributed by atoms with Crippen LogP contribution in [0.4, 0.5) is 5.69 Å². The molecule has 1 N–H and O–H groups in total. The lowest BCUT2D eigenvalue weighted by atomic mass is 10.1. The predicted octanol–water partition coefficient (Wildman–Crippen LogP) is 3.04. The van der Waals surface area contributed by atoms with Crippen molar-refractivity contribution in [3.63, 3.8) is 0 Å². The maximum Gasteiger partial charge on any atom is 0.255 e. The van der Waals surface area contributed by atoms with Gasteiger partial charge in [0.2, 0.25) is 10.0 Å². The summed E-state index contributed by atoms with van der Waals surface area (Å²) in [4.78, 5) is 12.7. The number of hydrogen-bond donors (Lipinski definition) is 1. The summed E-state index contributed by atoms with van der Waals surface area (Å²) in [5.74, 6) is 0.409. The topological polar surface area (TPSA) is 75.7 Å². The van der Waals surface area contributed by atoms with E-state index in [0.29, 0.717) is 30.1 Å². The molecule has 0 spiro atoms. The van der Waals surface area contributed by atoms with Crippen molar-refractivity contribution in [1.82, 2.24) is 4.31 Å². The Bertz CT molecular complexity index is 919. The minimum atomic E-state index is -3.51. The summed E-state index contributed by atoms with van der Waals surface area (Å²) in [5, 5.41) is 2.76. The Kier molecular flexibility index (Phi) is 5.29. The first-order valence-electron chi connectivity index (χ1n) is 8.48. The van der Waals surface area contributed by atoms with Crippen molar-refractivity contribution in [2.24, 2.45) is 0 Å². The second kappa shape index (κ2) is 7.47. The molecule has 3 rings (SSSR count). The molecule has 7 heteroatoms. The molecule has 0 atom stereocenters. The van der Waals surface area contributed by atoms with Gasteiger partial charge in [0.15, 0.2) is 0 Å². The van der Waals surface area contributed by atoms with E-state index >= 15 is 0 Å². The molecule has 2 aromatic rings. The molecule has 0 unspecified atom stereocenters. The van der Waals surface area contributed by atoms with Crippen molar-refractivity contribution in [1.29, 1.82) is 0 Å². The van der Waals surface area contributed by atoms with Crippen molar-refractivity contribution >= 4 is 21.6 Å². The highest BCUT2D eigenvalue weighted by Gasteiger charge is 2.27. The van der Waals surface area contributed by atoms with Gasteiger partial charge in [0.1, 0.15) is 5.75 Å². The number of rotatable bonds is 5. The van der Waals surface area contributed by atoms with Crippen LogP contribution in [0.15, 0.2) is 47.4 Å². The number of carbonyl (C=O) groups excluding carboxylic acids is 1. The second-order valence-corrected chi connectivity index (χ2v) is 8.22. The Balaban J connectivity index is 1.80. The zero-order chi connectivity index (χ0) is 18.7. The van der Waals surface area contributed by atoms with Crippen LogP contribution in [-0.2, 0) is 10.0 Å². The van der Waals surface area contributed by atoms with E-state index in [9.17, 15) is 13.2 Å². The van der Waals surface area contributed by atoms with Crippen LogP contribution in [0.2, 0.25) is 0 Å². The first kappa shape index (κ1) is 18.4. The molecule has 0 bridgehead atoms. The minimum absolute atomic E-state index is 0.197. The fourth-order valence-electron chi connectivity index (χ4n) is 3.03. The molecule has 0 aromatic heterocycles. The van der Waals surface area contributed by atoms with Crippen LogP contribution in [-0.4, -0.2) is 38.8 Å². The number of nitrogens with one attached hydrogen (secondary N) is 1. The van der Waals surface area contributed by atoms with Crippen molar-refractivity contribution < 1.29 is 17.9 Å². The molecule has 1 aliphatic rings. The van der Waals surface area contributed by atoms with Gasteiger partial charge in [-0.3, -0.25) is 4.79 Å². The lowest BCUT2D eigenvalue weighted by Gasteiger charge is -2.16. The molecule has 1 amide bonds. The number of nitrogens with zero attached hydrogens (tertiary/aromatic N) is 1. The normalized spacial score (nSPS) is 15.0. The maximum atomic E-state index is 12.7. The lowest BCUT2D eigenvalue weighted by molar-refractivity contribution is 0.102. The van der Waals surface area contributed by atoms with Gasteiger partial charge in [-0.1, -0.05) is 6.07 Å². The number of aryl methyl sites for hydroxylation is 1. The molecule has 138 valence electrons. The molecule has 2 aromatic carbocycles. The summed E-state index contributed by atoms with van der Waals surface area (Å²) in [6, 6.07) is 11.5. The summed E-state index contributed by atoms with van der Waals surface area (Å²) >= 11 is 0. The molecular weight excluding hydrogens is 352 g/mol. The highest BCUT2D eigenvalue weighted by atomic mass is 32.2. The molecule has 1 fully saturated rings. The zero-order valence-corrected chi connectivity index (χ0v) is 15.7. The van der Waals surface area contributed by atoms with Crippen molar-refractivity contribution in [2.45, 2.75) is 24.7 Å². The second-order valence-electron chi connectivity index (χ2n) is 6.28. The van der Waals surface area contributed by atoms with Crippen LogP contribution in [0.25, 0.3) is 0 Å². The molecule has 0 aliphatic carbocycles. The Hall–Kier alpha value is -2.38. The van der Waals surface area contributed by atoms with Crippen molar-refractivity contribution in [3.05, 3.63) is 53.6 Å². The number of ether oxygens (including phenoxy) is 1. The third-order valence-electron chi connectivity index (χ3n) is 4.45. The first-order chi connectivity index (χ1) is 12.4. The van der Waals surface area contributed by atoms with Crippen LogP contribution >= 0.6 is 0 Å². The SMILES string of the molecule is COc1ccc(C(=O)Nc2cccc(S(=O)(=O)N3CCCC3)c2)cc1C. The fraction of sp³-hybridized carbons (Fsp3) is 0.316. The van der Waals surface area contributed by atoms with E-state index in [1.807, 2.05) is 6.92 Å². The molecule has 6 nitrogen and oxygen atoms in total. The number of benzene rings is 2. The summed E-state index contributed by atoms with van der Waals surface area (Å²) < 4.78 is 32.0. The Labute approximate surface area is 153 Å². The molecule has 0 saturated carbocycles. The fourth-order valence-corrected chi connectivity index (χ4v) is 4.60. The van der Waals surface area contributed by atoms with Crippen molar-refractivity contribution in [3.8, 4) is 5.75 Å². The number of hydrogen-bond acceptors (Lipinski definition) is 4.